The zero-order chi connectivity index (χ0) is 18.2. The van der Waals surface area contributed by atoms with E-state index in [2.05, 4.69) is 29.5 Å². The van der Waals surface area contributed by atoms with Gasteiger partial charge in [-0.3, -0.25) is 4.99 Å². The van der Waals surface area contributed by atoms with Gasteiger partial charge in [-0.2, -0.15) is 0 Å². The molecule has 0 bridgehead atoms. The van der Waals surface area contributed by atoms with Crippen LogP contribution in [0, 0.1) is 12.8 Å². The van der Waals surface area contributed by atoms with E-state index >= 15 is 0 Å². The number of aryl methyl sites for hydroxylation is 1. The van der Waals surface area contributed by atoms with Gasteiger partial charge in [-0.25, -0.2) is 4.98 Å². The first-order valence-electron chi connectivity index (χ1n) is 9.69. The Morgan fingerprint density at radius 1 is 1.35 bits per heavy atom. The average molecular weight is 375 g/mol. The lowest BCUT2D eigenvalue weighted by molar-refractivity contribution is 0.306. The molecule has 2 unspecified atom stereocenters. The quantitative estimate of drug-likeness (QED) is 0.569. The molecule has 2 atom stereocenters. The van der Waals surface area contributed by atoms with Gasteiger partial charge in [0.1, 0.15) is 5.76 Å². The lowest BCUT2D eigenvalue weighted by atomic mass is 9.86. The van der Waals surface area contributed by atoms with E-state index in [0.717, 1.165) is 42.7 Å². The van der Waals surface area contributed by atoms with E-state index < -0.39 is 0 Å². The molecule has 2 heterocycles. The first-order chi connectivity index (χ1) is 12.7. The van der Waals surface area contributed by atoms with Gasteiger partial charge in [-0.05, 0) is 37.8 Å². The fourth-order valence-electron chi connectivity index (χ4n) is 3.40. The molecule has 0 saturated heterocycles. The maximum Gasteiger partial charge on any atom is 0.191 e. The lowest BCUT2D eigenvalue weighted by Gasteiger charge is -2.31. The van der Waals surface area contributed by atoms with Gasteiger partial charge >= 0.3 is 0 Å². The van der Waals surface area contributed by atoms with Crippen LogP contribution < -0.4 is 10.6 Å². The minimum absolute atomic E-state index is 0.515. The van der Waals surface area contributed by atoms with Gasteiger partial charge in [0, 0.05) is 43.0 Å². The molecule has 2 aromatic heterocycles. The van der Waals surface area contributed by atoms with E-state index in [1.807, 2.05) is 18.3 Å². The van der Waals surface area contributed by atoms with E-state index in [-0.39, 0.29) is 0 Å². The van der Waals surface area contributed by atoms with Crippen molar-refractivity contribution in [3.63, 3.8) is 0 Å². The van der Waals surface area contributed by atoms with Crippen molar-refractivity contribution < 1.29 is 4.42 Å². The highest BCUT2D eigenvalue weighted by Crippen LogP contribution is 2.23. The second-order valence-electron chi connectivity index (χ2n) is 7.11. The Bertz CT molecular complexity index is 680. The average Bonchev–Trinajstić information content (AvgIpc) is 3.28. The van der Waals surface area contributed by atoms with Crippen LogP contribution in [-0.2, 0) is 12.8 Å². The molecule has 2 aromatic rings. The monoisotopic (exact) mass is 374 g/mol. The van der Waals surface area contributed by atoms with Crippen molar-refractivity contribution in [1.82, 2.24) is 15.6 Å². The number of aliphatic imine (C=N–C) groups is 1. The molecular formula is C20H30N4OS. The lowest BCUT2D eigenvalue weighted by Crippen LogP contribution is -2.47. The number of hydrogen-bond donors (Lipinski definition) is 2. The highest BCUT2D eigenvalue weighted by molar-refractivity contribution is 7.11. The minimum atomic E-state index is 0.515. The molecule has 142 valence electrons. The van der Waals surface area contributed by atoms with Gasteiger partial charge < -0.3 is 15.1 Å². The molecule has 0 aromatic carbocycles. The summed E-state index contributed by atoms with van der Waals surface area (Å²) >= 11 is 1.76. The standard InChI is InChI=1S/C20H30N4OS/c1-15-6-3-4-8-18(15)24-20(21-11-9-17-7-5-13-25-17)22-12-10-19-23-14-16(2)26-19/h5,7,13-15,18H,3-4,6,8-12H2,1-2H3,(H2,21,22,24). The predicted molar refractivity (Wildman–Crippen MR) is 108 cm³/mol. The van der Waals surface area contributed by atoms with Crippen LogP contribution in [0.1, 0.15) is 48.3 Å². The third-order valence-corrected chi connectivity index (χ3v) is 5.91. The first kappa shape index (κ1) is 19.0. The smallest absolute Gasteiger partial charge is 0.191 e. The number of rotatable bonds is 7. The third-order valence-electron chi connectivity index (χ3n) is 4.94. The van der Waals surface area contributed by atoms with Crippen LogP contribution in [0.4, 0.5) is 0 Å². The molecular weight excluding hydrogens is 344 g/mol. The highest BCUT2D eigenvalue weighted by Gasteiger charge is 2.22. The zero-order valence-electron chi connectivity index (χ0n) is 15.8. The highest BCUT2D eigenvalue weighted by atomic mass is 32.1. The SMILES string of the molecule is Cc1cnc(CCN=C(NCCc2ccco2)NC2CCCCC2C)s1. The summed E-state index contributed by atoms with van der Waals surface area (Å²) in [6.07, 6.45) is 10.6. The number of furan rings is 1. The number of thiazole rings is 1. The van der Waals surface area contributed by atoms with Crippen molar-refractivity contribution in [2.45, 2.75) is 58.4 Å². The summed E-state index contributed by atoms with van der Waals surface area (Å²) in [5.41, 5.74) is 0. The van der Waals surface area contributed by atoms with Gasteiger partial charge in [0.2, 0.25) is 0 Å². The molecule has 0 aliphatic heterocycles. The summed E-state index contributed by atoms with van der Waals surface area (Å²) < 4.78 is 5.42. The fraction of sp³-hybridized carbons (Fsp3) is 0.600. The van der Waals surface area contributed by atoms with Crippen LogP contribution >= 0.6 is 11.3 Å². The Labute approximate surface area is 160 Å². The van der Waals surface area contributed by atoms with Gasteiger partial charge in [-0.15, -0.1) is 11.3 Å². The van der Waals surface area contributed by atoms with Gasteiger partial charge in [-0.1, -0.05) is 19.8 Å². The second-order valence-corrected chi connectivity index (χ2v) is 8.43. The maximum atomic E-state index is 5.42. The molecule has 1 aliphatic rings. The van der Waals surface area contributed by atoms with Crippen LogP contribution in [0.3, 0.4) is 0 Å². The molecule has 6 heteroatoms. The Kier molecular flexibility index (Phi) is 7.12. The maximum absolute atomic E-state index is 5.42. The predicted octanol–water partition coefficient (Wildman–Crippen LogP) is 3.94. The van der Waals surface area contributed by atoms with Crippen molar-refractivity contribution in [2.75, 3.05) is 13.1 Å². The molecule has 3 rings (SSSR count). The molecule has 2 N–H and O–H groups in total. The Balaban J connectivity index is 1.54. The molecule has 1 fully saturated rings. The molecule has 0 amide bonds. The third kappa shape index (κ3) is 5.87. The molecule has 5 nitrogen and oxygen atoms in total. The normalized spacial score (nSPS) is 20.9. The van der Waals surface area contributed by atoms with Gasteiger partial charge in [0.05, 0.1) is 11.3 Å². The van der Waals surface area contributed by atoms with Crippen LogP contribution in [0.25, 0.3) is 0 Å². The molecule has 0 radical (unpaired) electrons. The topological polar surface area (TPSA) is 62.5 Å². The van der Waals surface area contributed by atoms with Crippen LogP contribution in [0.5, 0.6) is 0 Å². The van der Waals surface area contributed by atoms with Crippen molar-refractivity contribution in [3.05, 3.63) is 40.2 Å². The van der Waals surface area contributed by atoms with E-state index in [1.165, 1.54) is 30.6 Å². The Hall–Kier alpha value is -1.82. The Morgan fingerprint density at radius 2 is 2.23 bits per heavy atom. The molecule has 1 aliphatic carbocycles. The number of hydrogen-bond acceptors (Lipinski definition) is 4. The second kappa shape index (κ2) is 9.76. The number of guanidine groups is 1. The number of nitrogens with one attached hydrogen (secondary N) is 2. The van der Waals surface area contributed by atoms with Crippen LogP contribution in [-0.4, -0.2) is 30.1 Å². The number of nitrogens with zero attached hydrogens (tertiary/aromatic N) is 2. The van der Waals surface area contributed by atoms with Crippen molar-refractivity contribution in [1.29, 1.82) is 0 Å². The Morgan fingerprint density at radius 3 is 2.96 bits per heavy atom. The van der Waals surface area contributed by atoms with E-state index in [1.54, 1.807) is 17.6 Å². The molecule has 26 heavy (non-hydrogen) atoms. The van der Waals surface area contributed by atoms with E-state index in [0.29, 0.717) is 12.0 Å². The first-order valence-corrected chi connectivity index (χ1v) is 10.5. The minimum Gasteiger partial charge on any atom is -0.469 e. The van der Waals surface area contributed by atoms with Crippen molar-refractivity contribution in [3.8, 4) is 0 Å². The summed E-state index contributed by atoms with van der Waals surface area (Å²) in [6, 6.07) is 4.46. The van der Waals surface area contributed by atoms with Crippen LogP contribution in [0.2, 0.25) is 0 Å². The summed E-state index contributed by atoms with van der Waals surface area (Å²) in [5.74, 6) is 2.62. The van der Waals surface area contributed by atoms with Crippen molar-refractivity contribution >= 4 is 17.3 Å². The number of aromatic nitrogens is 1. The molecule has 0 spiro atoms. The van der Waals surface area contributed by atoms with Gasteiger partial charge in [0.25, 0.3) is 0 Å². The summed E-state index contributed by atoms with van der Waals surface area (Å²) in [4.78, 5) is 10.5. The van der Waals surface area contributed by atoms with Crippen LogP contribution in [0.15, 0.2) is 34.0 Å². The van der Waals surface area contributed by atoms with Crippen molar-refractivity contribution in [2.24, 2.45) is 10.9 Å². The summed E-state index contributed by atoms with van der Waals surface area (Å²) in [7, 11) is 0. The van der Waals surface area contributed by atoms with E-state index in [4.69, 9.17) is 9.41 Å². The largest absolute Gasteiger partial charge is 0.469 e. The zero-order valence-corrected chi connectivity index (χ0v) is 16.6. The summed E-state index contributed by atoms with van der Waals surface area (Å²) in [6.45, 7) is 6.01. The molecule has 1 saturated carbocycles. The fourth-order valence-corrected chi connectivity index (χ4v) is 4.17. The summed E-state index contributed by atoms with van der Waals surface area (Å²) in [5, 5.41) is 8.31. The van der Waals surface area contributed by atoms with Gasteiger partial charge in [0.15, 0.2) is 5.96 Å². The van der Waals surface area contributed by atoms with E-state index in [9.17, 15) is 0 Å².